The van der Waals surface area contributed by atoms with Crippen LogP contribution >= 0.6 is 11.5 Å². The topological polar surface area (TPSA) is 49.9 Å². The van der Waals surface area contributed by atoms with Gasteiger partial charge in [-0.15, -0.1) is 0 Å². The van der Waals surface area contributed by atoms with Gasteiger partial charge in [0.25, 0.3) is 5.56 Å². The lowest BCUT2D eigenvalue weighted by Gasteiger charge is -2.03. The van der Waals surface area contributed by atoms with Gasteiger partial charge in [-0.3, -0.25) is 14.0 Å². The highest BCUT2D eigenvalue weighted by Gasteiger charge is 2.06. The lowest BCUT2D eigenvalue weighted by molar-refractivity contribution is 0.101. The normalized spacial score (nSPS) is 10.8. The van der Waals surface area contributed by atoms with Crippen molar-refractivity contribution < 1.29 is 4.79 Å². The van der Waals surface area contributed by atoms with Gasteiger partial charge in [0.05, 0.1) is 10.1 Å². The van der Waals surface area contributed by atoms with E-state index in [4.69, 9.17) is 0 Å². The largest absolute Gasteiger partial charge is 0.295 e. The molecule has 0 bridgehead atoms. The van der Waals surface area contributed by atoms with Crippen LogP contribution in [0.5, 0.6) is 0 Å². The first-order valence-corrected chi connectivity index (χ1v) is 6.69. The molecule has 1 heterocycles. The number of benzene rings is 2. The van der Waals surface area contributed by atoms with Crippen LogP contribution in [-0.2, 0) is 0 Å². The predicted molar refractivity (Wildman–Crippen MR) is 77.9 cm³/mol. The summed E-state index contributed by atoms with van der Waals surface area (Å²) in [7, 11) is 0. The van der Waals surface area contributed by atoms with E-state index in [1.807, 2.05) is 36.4 Å². The number of fused-ring (bicyclic) bond motifs is 1. The van der Waals surface area contributed by atoms with Gasteiger partial charge >= 0.3 is 0 Å². The van der Waals surface area contributed by atoms with E-state index in [0.717, 1.165) is 15.8 Å². The Hall–Kier alpha value is -2.20. The van der Waals surface area contributed by atoms with Crippen molar-refractivity contribution in [3.8, 4) is 11.1 Å². The van der Waals surface area contributed by atoms with Crippen molar-refractivity contribution in [1.82, 2.24) is 4.37 Å². The first-order valence-electron chi connectivity index (χ1n) is 5.88. The van der Waals surface area contributed by atoms with Crippen molar-refractivity contribution in [1.29, 1.82) is 0 Å². The fourth-order valence-corrected chi connectivity index (χ4v) is 2.76. The molecule has 0 saturated carbocycles. The van der Waals surface area contributed by atoms with E-state index in [1.165, 1.54) is 11.5 Å². The molecule has 0 aliphatic carbocycles. The monoisotopic (exact) mass is 269 g/mol. The summed E-state index contributed by atoms with van der Waals surface area (Å²) in [5, 5.41) is 0.690. The summed E-state index contributed by atoms with van der Waals surface area (Å²) in [5.74, 6) is 0.0382. The molecule has 0 unspecified atom stereocenters. The Kier molecular flexibility index (Phi) is 2.80. The number of rotatable bonds is 2. The van der Waals surface area contributed by atoms with Gasteiger partial charge in [-0.05, 0) is 36.2 Å². The molecular formula is C15H11NO2S. The van der Waals surface area contributed by atoms with Crippen molar-refractivity contribution in [2.75, 3.05) is 0 Å². The van der Waals surface area contributed by atoms with Crippen LogP contribution in [0.2, 0.25) is 0 Å². The zero-order valence-corrected chi connectivity index (χ0v) is 11.1. The molecule has 0 fully saturated rings. The molecule has 3 rings (SSSR count). The second-order valence-corrected chi connectivity index (χ2v) is 5.23. The highest BCUT2D eigenvalue weighted by Crippen LogP contribution is 2.25. The van der Waals surface area contributed by atoms with Crippen LogP contribution in [0.25, 0.3) is 21.2 Å². The quantitative estimate of drug-likeness (QED) is 0.724. The number of hydrogen-bond donors (Lipinski definition) is 1. The number of nitrogens with one attached hydrogen (secondary N) is 1. The van der Waals surface area contributed by atoms with E-state index in [0.29, 0.717) is 10.9 Å². The van der Waals surface area contributed by atoms with Crippen LogP contribution in [0.3, 0.4) is 0 Å². The van der Waals surface area contributed by atoms with E-state index in [1.54, 1.807) is 13.0 Å². The zero-order chi connectivity index (χ0) is 13.4. The lowest BCUT2D eigenvalue weighted by Crippen LogP contribution is -1.96. The minimum atomic E-state index is -0.0652. The minimum absolute atomic E-state index is 0.0382. The minimum Gasteiger partial charge on any atom is -0.295 e. The van der Waals surface area contributed by atoms with Crippen LogP contribution in [0.4, 0.5) is 0 Å². The van der Waals surface area contributed by atoms with Gasteiger partial charge in [0, 0.05) is 5.56 Å². The van der Waals surface area contributed by atoms with Crippen molar-refractivity contribution >= 4 is 27.4 Å². The molecule has 19 heavy (non-hydrogen) atoms. The van der Waals surface area contributed by atoms with Gasteiger partial charge in [0.2, 0.25) is 0 Å². The maximum atomic E-state index is 11.6. The van der Waals surface area contributed by atoms with E-state index < -0.39 is 0 Å². The number of aromatic amines is 1. The van der Waals surface area contributed by atoms with Crippen LogP contribution < -0.4 is 5.56 Å². The molecule has 0 saturated heterocycles. The molecule has 0 aliphatic rings. The Balaban J connectivity index is 2.18. The number of Topliss-reactive ketones (excluding diaryl/α,β-unsaturated/α-hetero) is 1. The second-order valence-electron chi connectivity index (χ2n) is 4.38. The average Bonchev–Trinajstić information content (AvgIpc) is 2.80. The molecule has 0 atom stereocenters. The third-order valence-electron chi connectivity index (χ3n) is 3.08. The van der Waals surface area contributed by atoms with Crippen molar-refractivity contribution in [3.63, 3.8) is 0 Å². The van der Waals surface area contributed by atoms with Gasteiger partial charge < -0.3 is 0 Å². The number of H-pyrrole nitrogens is 1. The summed E-state index contributed by atoms with van der Waals surface area (Å²) in [4.78, 5) is 23.0. The number of aromatic nitrogens is 1. The smallest absolute Gasteiger partial charge is 0.265 e. The predicted octanol–water partition coefficient (Wildman–Crippen LogP) is 3.46. The summed E-state index contributed by atoms with van der Waals surface area (Å²) in [5.41, 5.74) is 2.50. The summed E-state index contributed by atoms with van der Waals surface area (Å²) in [6.45, 7) is 1.55. The Bertz CT molecular complexity index is 829. The molecule has 0 radical (unpaired) electrons. The third kappa shape index (κ3) is 2.11. The van der Waals surface area contributed by atoms with Gasteiger partial charge in [-0.1, -0.05) is 35.8 Å². The van der Waals surface area contributed by atoms with Crippen molar-refractivity contribution in [2.45, 2.75) is 6.92 Å². The van der Waals surface area contributed by atoms with Crippen LogP contribution in [0, 0.1) is 0 Å². The van der Waals surface area contributed by atoms with Crippen molar-refractivity contribution in [2.24, 2.45) is 0 Å². The summed E-state index contributed by atoms with van der Waals surface area (Å²) >= 11 is 1.33. The molecule has 2 aromatic carbocycles. The first-order chi connectivity index (χ1) is 9.15. The third-order valence-corrected chi connectivity index (χ3v) is 3.94. The fourth-order valence-electron chi connectivity index (χ4n) is 2.05. The Morgan fingerprint density at radius 1 is 1.11 bits per heavy atom. The Morgan fingerprint density at radius 2 is 1.89 bits per heavy atom. The van der Waals surface area contributed by atoms with Gasteiger partial charge in [0.15, 0.2) is 5.78 Å². The van der Waals surface area contributed by atoms with E-state index in [9.17, 15) is 9.59 Å². The molecule has 3 aromatic rings. The van der Waals surface area contributed by atoms with Crippen LogP contribution in [0.15, 0.2) is 47.3 Å². The lowest BCUT2D eigenvalue weighted by atomic mass is 10.0. The van der Waals surface area contributed by atoms with Crippen LogP contribution in [-0.4, -0.2) is 10.2 Å². The first kappa shape index (κ1) is 11.9. The summed E-state index contributed by atoms with van der Waals surface area (Å²) < 4.78 is 3.66. The molecule has 0 spiro atoms. The zero-order valence-electron chi connectivity index (χ0n) is 10.3. The molecule has 0 aliphatic heterocycles. The number of carbonyl (C=O) groups is 1. The summed E-state index contributed by atoms with van der Waals surface area (Å²) in [6.07, 6.45) is 0. The molecule has 1 aromatic heterocycles. The number of carbonyl (C=O) groups excluding carboxylic acids is 1. The van der Waals surface area contributed by atoms with Crippen molar-refractivity contribution in [3.05, 3.63) is 58.4 Å². The molecule has 3 nitrogen and oxygen atoms in total. The maximum absolute atomic E-state index is 11.6. The Morgan fingerprint density at radius 3 is 2.68 bits per heavy atom. The molecule has 4 heteroatoms. The molecule has 1 N–H and O–H groups in total. The Labute approximate surface area is 113 Å². The summed E-state index contributed by atoms with van der Waals surface area (Å²) in [6, 6.07) is 13.2. The highest BCUT2D eigenvalue weighted by atomic mass is 32.1. The molecule has 0 amide bonds. The fraction of sp³-hybridized carbons (Fsp3) is 0.0667. The van der Waals surface area contributed by atoms with Crippen LogP contribution in [0.1, 0.15) is 17.3 Å². The van der Waals surface area contributed by atoms with E-state index in [2.05, 4.69) is 4.37 Å². The van der Waals surface area contributed by atoms with Gasteiger partial charge in [-0.25, -0.2) is 0 Å². The SMILES string of the molecule is CC(=O)c1cccc(-c2ccc3s[nH]c(=O)c3c2)c1. The van der Waals surface area contributed by atoms with Gasteiger partial charge in [0.1, 0.15) is 0 Å². The highest BCUT2D eigenvalue weighted by molar-refractivity contribution is 7.13. The average molecular weight is 269 g/mol. The van der Waals surface area contributed by atoms with Gasteiger partial charge in [-0.2, -0.15) is 0 Å². The second kappa shape index (κ2) is 4.48. The number of ketones is 1. The maximum Gasteiger partial charge on any atom is 0.265 e. The van der Waals surface area contributed by atoms with E-state index in [-0.39, 0.29) is 11.3 Å². The molecule has 94 valence electrons. The molecular weight excluding hydrogens is 258 g/mol. The standard InChI is InChI=1S/C15H11NO2S/c1-9(17)10-3-2-4-11(7-10)12-5-6-14-13(8-12)15(18)16-19-14/h2-8H,1H3,(H,16,18). The number of hydrogen-bond acceptors (Lipinski definition) is 3. The van der Waals surface area contributed by atoms with E-state index >= 15 is 0 Å².